The minimum Gasteiger partial charge on any atom is -0.493 e. The van der Waals surface area contributed by atoms with E-state index >= 15 is 0 Å². The molecule has 8 heteroatoms. The average molecular weight is 372 g/mol. The molecular formula is C19H20N2O6. The van der Waals surface area contributed by atoms with Gasteiger partial charge in [0.2, 0.25) is 5.75 Å². The molecule has 1 aliphatic heterocycles. The topological polar surface area (TPSA) is 95.1 Å². The lowest BCUT2D eigenvalue weighted by molar-refractivity contribution is -0.137. The zero-order chi connectivity index (χ0) is 19.4. The Labute approximate surface area is 156 Å². The number of carbonyl (C=O) groups excluding carboxylic acids is 2. The molecule has 0 aliphatic carbocycles. The Bertz CT molecular complexity index is 842. The summed E-state index contributed by atoms with van der Waals surface area (Å²) in [5, 5.41) is 5.35. The van der Waals surface area contributed by atoms with Gasteiger partial charge in [0.05, 0.1) is 27.0 Å². The second kappa shape index (κ2) is 7.86. The van der Waals surface area contributed by atoms with Crippen molar-refractivity contribution in [2.45, 2.75) is 12.6 Å². The van der Waals surface area contributed by atoms with Crippen molar-refractivity contribution in [1.29, 1.82) is 0 Å². The van der Waals surface area contributed by atoms with Crippen LogP contribution in [0, 0.1) is 0 Å². The molecule has 0 aromatic heterocycles. The second-order valence-electron chi connectivity index (χ2n) is 5.73. The van der Waals surface area contributed by atoms with Gasteiger partial charge in [0.1, 0.15) is 5.75 Å². The highest BCUT2D eigenvalue weighted by Gasteiger charge is 2.33. The van der Waals surface area contributed by atoms with Gasteiger partial charge in [-0.25, -0.2) is 0 Å². The fourth-order valence-corrected chi connectivity index (χ4v) is 2.74. The lowest BCUT2D eigenvalue weighted by Crippen LogP contribution is -2.48. The van der Waals surface area contributed by atoms with E-state index in [9.17, 15) is 9.59 Å². The summed E-state index contributed by atoms with van der Waals surface area (Å²) in [6.07, 6.45) is -1.26. The van der Waals surface area contributed by atoms with Crippen molar-refractivity contribution in [2.75, 3.05) is 26.6 Å². The quantitative estimate of drug-likeness (QED) is 0.750. The Morgan fingerprint density at radius 3 is 2.41 bits per heavy atom. The highest BCUT2D eigenvalue weighted by atomic mass is 16.5. The highest BCUT2D eigenvalue weighted by molar-refractivity contribution is 6.11. The number of anilines is 1. The molecule has 1 aliphatic rings. The number of benzene rings is 2. The maximum absolute atomic E-state index is 12.4. The van der Waals surface area contributed by atoms with Crippen LogP contribution >= 0.6 is 0 Å². The van der Waals surface area contributed by atoms with Crippen molar-refractivity contribution in [3.8, 4) is 23.0 Å². The van der Waals surface area contributed by atoms with Crippen LogP contribution in [0.25, 0.3) is 0 Å². The van der Waals surface area contributed by atoms with Crippen LogP contribution in [-0.4, -0.2) is 39.2 Å². The third kappa shape index (κ3) is 3.74. The van der Waals surface area contributed by atoms with Crippen molar-refractivity contribution in [2.24, 2.45) is 0 Å². The Morgan fingerprint density at radius 1 is 1.11 bits per heavy atom. The number of carbonyl (C=O) groups is 2. The maximum atomic E-state index is 12.4. The zero-order valence-corrected chi connectivity index (χ0v) is 15.2. The van der Waals surface area contributed by atoms with Crippen LogP contribution in [0.5, 0.6) is 23.0 Å². The number of amides is 2. The maximum Gasteiger partial charge on any atom is 0.275 e. The molecule has 1 heterocycles. The van der Waals surface area contributed by atoms with Crippen molar-refractivity contribution >= 4 is 17.5 Å². The molecule has 0 saturated heterocycles. The van der Waals surface area contributed by atoms with Crippen LogP contribution in [0.4, 0.5) is 5.69 Å². The van der Waals surface area contributed by atoms with E-state index in [0.29, 0.717) is 28.7 Å². The molecule has 3 rings (SSSR count). The molecule has 0 bridgehead atoms. The van der Waals surface area contributed by atoms with Gasteiger partial charge in [0, 0.05) is 6.54 Å². The van der Waals surface area contributed by atoms with E-state index in [0.717, 1.165) is 5.56 Å². The van der Waals surface area contributed by atoms with E-state index in [4.69, 9.17) is 18.9 Å². The molecule has 0 spiro atoms. The summed E-state index contributed by atoms with van der Waals surface area (Å²) in [6, 6.07) is 10.4. The van der Waals surface area contributed by atoms with Gasteiger partial charge >= 0.3 is 0 Å². The molecule has 0 radical (unpaired) electrons. The predicted octanol–water partition coefficient (Wildman–Crippen LogP) is 1.73. The van der Waals surface area contributed by atoms with Crippen LogP contribution in [-0.2, 0) is 16.1 Å². The van der Waals surface area contributed by atoms with Crippen LogP contribution < -0.4 is 29.6 Å². The Kier molecular flexibility index (Phi) is 5.35. The van der Waals surface area contributed by atoms with Gasteiger partial charge < -0.3 is 29.6 Å². The molecule has 2 amide bonds. The Morgan fingerprint density at radius 2 is 1.78 bits per heavy atom. The molecule has 142 valence electrons. The lowest BCUT2D eigenvalue weighted by atomic mass is 10.1. The number of nitrogens with one attached hydrogen (secondary N) is 2. The van der Waals surface area contributed by atoms with Gasteiger partial charge in [0.15, 0.2) is 11.5 Å². The first-order chi connectivity index (χ1) is 13.1. The van der Waals surface area contributed by atoms with Crippen LogP contribution in [0.1, 0.15) is 5.56 Å². The number of ether oxygens (including phenoxy) is 4. The van der Waals surface area contributed by atoms with Gasteiger partial charge in [-0.1, -0.05) is 12.1 Å². The van der Waals surface area contributed by atoms with Crippen LogP contribution in [0.3, 0.4) is 0 Å². The molecular weight excluding hydrogens is 352 g/mol. The van der Waals surface area contributed by atoms with Crippen molar-refractivity contribution in [1.82, 2.24) is 5.32 Å². The first-order valence-electron chi connectivity index (χ1n) is 8.20. The molecule has 2 aromatic carbocycles. The number of rotatable bonds is 6. The van der Waals surface area contributed by atoms with Gasteiger partial charge in [-0.2, -0.15) is 0 Å². The summed E-state index contributed by atoms with van der Waals surface area (Å²) in [5.74, 6) is 0.793. The summed E-state index contributed by atoms with van der Waals surface area (Å²) in [7, 11) is 4.54. The molecule has 27 heavy (non-hydrogen) atoms. The molecule has 1 atom stereocenters. The molecule has 2 aromatic rings. The summed E-state index contributed by atoms with van der Waals surface area (Å²) in [4.78, 5) is 24.6. The largest absolute Gasteiger partial charge is 0.493 e. The number of para-hydroxylation sites is 2. The third-order valence-electron chi connectivity index (χ3n) is 4.06. The number of methoxy groups -OCH3 is 3. The molecule has 2 N–H and O–H groups in total. The number of hydrogen-bond donors (Lipinski definition) is 2. The van der Waals surface area contributed by atoms with Crippen molar-refractivity contribution < 1.29 is 28.5 Å². The fraction of sp³-hybridized carbons (Fsp3) is 0.263. The second-order valence-corrected chi connectivity index (χ2v) is 5.73. The molecule has 1 unspecified atom stereocenters. The standard InChI is InChI=1S/C19H20N2O6/c1-24-14-8-11(9-15(25-2)16(14)26-3)10-20-18(22)17-19(23)21-12-6-4-5-7-13(12)27-17/h4-9,17H,10H2,1-3H3,(H,20,22)(H,21,23). The molecule has 8 nitrogen and oxygen atoms in total. The molecule has 0 fully saturated rings. The first kappa shape index (κ1) is 18.4. The number of hydrogen-bond acceptors (Lipinski definition) is 6. The van der Waals surface area contributed by atoms with E-state index in [2.05, 4.69) is 10.6 Å². The zero-order valence-electron chi connectivity index (χ0n) is 15.2. The van der Waals surface area contributed by atoms with E-state index < -0.39 is 17.9 Å². The summed E-state index contributed by atoms with van der Waals surface area (Å²) in [5.41, 5.74) is 1.26. The smallest absolute Gasteiger partial charge is 0.275 e. The number of fused-ring (bicyclic) bond motifs is 1. The van der Waals surface area contributed by atoms with E-state index in [-0.39, 0.29) is 6.54 Å². The van der Waals surface area contributed by atoms with Gasteiger partial charge in [-0.05, 0) is 29.8 Å². The fourth-order valence-electron chi connectivity index (χ4n) is 2.74. The minimum atomic E-state index is -1.26. The van der Waals surface area contributed by atoms with E-state index in [1.54, 1.807) is 36.4 Å². The van der Waals surface area contributed by atoms with Gasteiger partial charge in [-0.15, -0.1) is 0 Å². The van der Waals surface area contributed by atoms with Gasteiger partial charge in [0.25, 0.3) is 17.9 Å². The summed E-state index contributed by atoms with van der Waals surface area (Å²) >= 11 is 0. The average Bonchev–Trinajstić information content (AvgIpc) is 2.70. The van der Waals surface area contributed by atoms with Crippen molar-refractivity contribution in [3.05, 3.63) is 42.0 Å². The third-order valence-corrected chi connectivity index (χ3v) is 4.06. The minimum absolute atomic E-state index is 0.157. The summed E-state index contributed by atoms with van der Waals surface area (Å²) < 4.78 is 21.4. The first-order valence-corrected chi connectivity index (χ1v) is 8.20. The Balaban J connectivity index is 1.72. The van der Waals surface area contributed by atoms with Crippen molar-refractivity contribution in [3.63, 3.8) is 0 Å². The van der Waals surface area contributed by atoms with Crippen LogP contribution in [0.2, 0.25) is 0 Å². The SMILES string of the molecule is COc1cc(CNC(=O)C2Oc3ccccc3NC2=O)cc(OC)c1OC. The lowest BCUT2D eigenvalue weighted by Gasteiger charge is -2.25. The van der Waals surface area contributed by atoms with Crippen LogP contribution in [0.15, 0.2) is 36.4 Å². The normalized spacial score (nSPS) is 15.1. The molecule has 0 saturated carbocycles. The van der Waals surface area contributed by atoms with E-state index in [1.165, 1.54) is 21.3 Å². The Hall–Kier alpha value is -3.42. The monoisotopic (exact) mass is 372 g/mol. The van der Waals surface area contributed by atoms with E-state index in [1.807, 2.05) is 0 Å². The highest BCUT2D eigenvalue weighted by Crippen LogP contribution is 2.38. The van der Waals surface area contributed by atoms with Gasteiger partial charge in [-0.3, -0.25) is 9.59 Å². The summed E-state index contributed by atoms with van der Waals surface area (Å²) in [6.45, 7) is 0.157. The predicted molar refractivity (Wildman–Crippen MR) is 97.4 cm³/mol.